The molecule has 0 fully saturated rings. The molecule has 0 aliphatic carbocycles. The highest BCUT2D eigenvalue weighted by atomic mass is 16.4. The second-order valence-electron chi connectivity index (χ2n) is 3.57. The fraction of sp³-hybridized carbons (Fsp3) is 0. The lowest BCUT2D eigenvalue weighted by atomic mass is 10.1. The van der Waals surface area contributed by atoms with E-state index in [1.165, 1.54) is 12.1 Å². The maximum Gasteiger partial charge on any atom is 0.328 e. The second kappa shape index (κ2) is 5.09. The van der Waals surface area contributed by atoms with E-state index in [1.807, 2.05) is 30.3 Å². The van der Waals surface area contributed by atoms with Gasteiger partial charge in [-0.3, -0.25) is 4.79 Å². The number of aliphatic carboxylic acids is 1. The van der Waals surface area contributed by atoms with Gasteiger partial charge in [-0.1, -0.05) is 30.3 Å². The number of aromatic amines is 1. The van der Waals surface area contributed by atoms with Gasteiger partial charge in [0.15, 0.2) is 0 Å². The van der Waals surface area contributed by atoms with Gasteiger partial charge in [-0.25, -0.2) is 9.89 Å². The first-order chi connectivity index (χ1) is 8.66. The summed E-state index contributed by atoms with van der Waals surface area (Å²) in [5, 5.41) is 14.9. The summed E-state index contributed by atoms with van der Waals surface area (Å²) in [7, 11) is 0. The van der Waals surface area contributed by atoms with Crippen LogP contribution in [0.15, 0.2) is 47.3 Å². The van der Waals surface area contributed by atoms with Crippen LogP contribution in [0.1, 0.15) is 5.56 Å². The van der Waals surface area contributed by atoms with Gasteiger partial charge in [0.2, 0.25) is 0 Å². The summed E-state index contributed by atoms with van der Waals surface area (Å²) in [6, 6.07) is 10.5. The van der Waals surface area contributed by atoms with Crippen LogP contribution in [-0.2, 0) is 4.79 Å². The number of carboxylic acid groups (broad SMARTS) is 1. The number of carbonyl (C=O) groups is 1. The van der Waals surface area contributed by atoms with Gasteiger partial charge in [0.05, 0.1) is 5.69 Å². The minimum atomic E-state index is -1.07. The van der Waals surface area contributed by atoms with E-state index in [4.69, 9.17) is 5.11 Å². The third kappa shape index (κ3) is 2.70. The summed E-state index contributed by atoms with van der Waals surface area (Å²) in [6.45, 7) is 0. The van der Waals surface area contributed by atoms with Crippen LogP contribution in [0.2, 0.25) is 0 Å². The second-order valence-corrected chi connectivity index (χ2v) is 3.57. The molecule has 1 aromatic heterocycles. The topological polar surface area (TPSA) is 83.0 Å². The van der Waals surface area contributed by atoms with Gasteiger partial charge in [0.1, 0.15) is 0 Å². The van der Waals surface area contributed by atoms with E-state index in [2.05, 4.69) is 10.2 Å². The van der Waals surface area contributed by atoms with Crippen molar-refractivity contribution in [3.8, 4) is 11.3 Å². The molecule has 2 aromatic rings. The number of H-pyrrole nitrogens is 1. The number of aromatic nitrogens is 2. The van der Waals surface area contributed by atoms with E-state index in [0.29, 0.717) is 11.3 Å². The van der Waals surface area contributed by atoms with Crippen molar-refractivity contribution in [1.29, 1.82) is 0 Å². The first-order valence-corrected chi connectivity index (χ1v) is 5.23. The highest BCUT2D eigenvalue weighted by Gasteiger charge is 2.05. The van der Waals surface area contributed by atoms with Gasteiger partial charge >= 0.3 is 5.97 Å². The Balaban J connectivity index is 2.54. The molecule has 1 heterocycles. The largest absolute Gasteiger partial charge is 0.478 e. The highest BCUT2D eigenvalue weighted by molar-refractivity contribution is 5.87. The first-order valence-electron chi connectivity index (χ1n) is 5.23. The van der Waals surface area contributed by atoms with Crippen LogP contribution in [0.5, 0.6) is 0 Å². The summed E-state index contributed by atoms with van der Waals surface area (Å²) in [6.07, 6.45) is 2.33. The molecule has 0 unspecified atom stereocenters. The molecule has 0 saturated heterocycles. The normalized spacial score (nSPS) is 10.7. The summed E-state index contributed by atoms with van der Waals surface area (Å²) in [5.74, 6) is -1.07. The lowest BCUT2D eigenvalue weighted by molar-refractivity contribution is -0.131. The number of hydrogen-bond acceptors (Lipinski definition) is 3. The van der Waals surface area contributed by atoms with Crippen LogP contribution in [0.3, 0.4) is 0 Å². The van der Waals surface area contributed by atoms with Crippen molar-refractivity contribution in [2.24, 2.45) is 0 Å². The summed E-state index contributed by atoms with van der Waals surface area (Å²) in [5.41, 5.74) is 1.43. The minimum Gasteiger partial charge on any atom is -0.478 e. The molecule has 0 spiro atoms. The van der Waals surface area contributed by atoms with Gasteiger partial charge in [-0.15, -0.1) is 0 Å². The maximum atomic E-state index is 11.2. The van der Waals surface area contributed by atoms with E-state index in [1.54, 1.807) is 0 Å². The lowest BCUT2D eigenvalue weighted by Gasteiger charge is -2.03. The molecule has 5 nitrogen and oxygen atoms in total. The van der Waals surface area contributed by atoms with E-state index in [0.717, 1.165) is 11.6 Å². The van der Waals surface area contributed by atoms with Crippen LogP contribution >= 0.6 is 0 Å². The highest BCUT2D eigenvalue weighted by Crippen LogP contribution is 2.20. The standard InChI is InChI=1S/C13H10N2O3/c16-11-8-10(6-7-12(17)18)13(15-14-11)9-4-2-1-3-5-9/h1-8H,(H,14,16)(H,17,18)/b7-6+. The molecule has 0 radical (unpaired) electrons. The molecule has 0 bridgehead atoms. The zero-order valence-corrected chi connectivity index (χ0v) is 9.33. The van der Waals surface area contributed by atoms with Gasteiger partial charge in [-0.05, 0) is 6.08 Å². The molecule has 2 rings (SSSR count). The third-order valence-electron chi connectivity index (χ3n) is 2.29. The van der Waals surface area contributed by atoms with Crippen molar-refractivity contribution in [3.05, 3.63) is 58.4 Å². The van der Waals surface area contributed by atoms with Crippen molar-refractivity contribution in [3.63, 3.8) is 0 Å². The molecular formula is C13H10N2O3. The summed E-state index contributed by atoms with van der Waals surface area (Å²) < 4.78 is 0. The molecule has 90 valence electrons. The van der Waals surface area contributed by atoms with Crippen LogP contribution in [0, 0.1) is 0 Å². The molecule has 0 atom stereocenters. The fourth-order valence-electron chi connectivity index (χ4n) is 1.53. The number of carboxylic acids is 1. The van der Waals surface area contributed by atoms with Crippen molar-refractivity contribution >= 4 is 12.0 Å². The lowest BCUT2D eigenvalue weighted by Crippen LogP contribution is -2.08. The first kappa shape index (κ1) is 11.8. The Labute approximate surface area is 102 Å². The molecule has 0 aliphatic rings. The summed E-state index contributed by atoms with van der Waals surface area (Å²) in [4.78, 5) is 21.7. The predicted molar refractivity (Wildman–Crippen MR) is 67.0 cm³/mol. The van der Waals surface area contributed by atoms with Crippen LogP contribution < -0.4 is 5.56 Å². The van der Waals surface area contributed by atoms with Crippen LogP contribution in [-0.4, -0.2) is 21.3 Å². The molecule has 0 amide bonds. The van der Waals surface area contributed by atoms with Crippen molar-refractivity contribution in [2.45, 2.75) is 0 Å². The Morgan fingerprint density at radius 2 is 2.00 bits per heavy atom. The molecule has 0 aliphatic heterocycles. The molecular weight excluding hydrogens is 232 g/mol. The molecule has 5 heteroatoms. The quantitative estimate of drug-likeness (QED) is 0.799. The average Bonchev–Trinajstić information content (AvgIpc) is 2.37. The van der Waals surface area contributed by atoms with E-state index >= 15 is 0 Å². The number of nitrogens with one attached hydrogen (secondary N) is 1. The average molecular weight is 242 g/mol. The monoisotopic (exact) mass is 242 g/mol. The Morgan fingerprint density at radius 3 is 2.67 bits per heavy atom. The third-order valence-corrected chi connectivity index (χ3v) is 2.29. The smallest absolute Gasteiger partial charge is 0.328 e. The Morgan fingerprint density at radius 1 is 1.28 bits per heavy atom. The molecule has 0 saturated carbocycles. The Bertz CT molecular complexity index is 645. The van der Waals surface area contributed by atoms with Crippen LogP contribution in [0.4, 0.5) is 0 Å². The molecule has 18 heavy (non-hydrogen) atoms. The van der Waals surface area contributed by atoms with Crippen LogP contribution in [0.25, 0.3) is 17.3 Å². The fourth-order valence-corrected chi connectivity index (χ4v) is 1.53. The number of rotatable bonds is 3. The maximum absolute atomic E-state index is 11.2. The van der Waals surface area contributed by atoms with Gasteiger partial charge in [0, 0.05) is 23.3 Å². The SMILES string of the molecule is O=C(O)/C=C/c1cc(=O)[nH]nc1-c1ccccc1. The van der Waals surface area contributed by atoms with E-state index in [9.17, 15) is 9.59 Å². The summed E-state index contributed by atoms with van der Waals surface area (Å²) >= 11 is 0. The Hall–Kier alpha value is -2.69. The Kier molecular flexibility index (Phi) is 3.33. The zero-order valence-electron chi connectivity index (χ0n) is 9.33. The van der Waals surface area contributed by atoms with Gasteiger partial charge in [-0.2, -0.15) is 5.10 Å². The van der Waals surface area contributed by atoms with E-state index in [-0.39, 0.29) is 5.56 Å². The predicted octanol–water partition coefficient (Wildman–Crippen LogP) is 1.53. The van der Waals surface area contributed by atoms with Crippen molar-refractivity contribution in [1.82, 2.24) is 10.2 Å². The minimum absolute atomic E-state index is 0.375. The van der Waals surface area contributed by atoms with Crippen molar-refractivity contribution < 1.29 is 9.90 Å². The number of benzene rings is 1. The van der Waals surface area contributed by atoms with Crippen molar-refractivity contribution in [2.75, 3.05) is 0 Å². The number of nitrogens with zero attached hydrogens (tertiary/aromatic N) is 1. The van der Waals surface area contributed by atoms with Gasteiger partial charge < -0.3 is 5.11 Å². The van der Waals surface area contributed by atoms with E-state index < -0.39 is 5.97 Å². The zero-order chi connectivity index (χ0) is 13.0. The molecule has 1 aromatic carbocycles. The van der Waals surface area contributed by atoms with Gasteiger partial charge in [0.25, 0.3) is 5.56 Å². The number of hydrogen-bond donors (Lipinski definition) is 2. The molecule has 2 N–H and O–H groups in total.